The second kappa shape index (κ2) is 6.43. The van der Waals surface area contributed by atoms with E-state index < -0.39 is 18.0 Å². The van der Waals surface area contributed by atoms with E-state index in [1.807, 2.05) is 6.07 Å². The molecule has 6 nitrogen and oxygen atoms in total. The van der Waals surface area contributed by atoms with Crippen LogP contribution in [0.3, 0.4) is 0 Å². The molecule has 0 spiro atoms. The third kappa shape index (κ3) is 3.00. The van der Waals surface area contributed by atoms with Crippen LogP contribution in [0.1, 0.15) is 33.4 Å². The zero-order valence-corrected chi connectivity index (χ0v) is 13.0. The highest BCUT2D eigenvalue weighted by Gasteiger charge is 2.28. The van der Waals surface area contributed by atoms with Crippen LogP contribution in [0, 0.1) is 13.8 Å². The smallest absolute Gasteiger partial charge is 0.351 e. The van der Waals surface area contributed by atoms with E-state index in [1.165, 1.54) is 7.11 Å². The van der Waals surface area contributed by atoms with Crippen molar-refractivity contribution in [3.8, 4) is 0 Å². The molecule has 0 radical (unpaired) electrons. The molecule has 0 N–H and O–H groups in total. The first-order chi connectivity index (χ1) is 10.5. The average Bonchev–Trinajstić information content (AvgIpc) is 2.77. The van der Waals surface area contributed by atoms with E-state index in [0.717, 1.165) is 0 Å². The van der Waals surface area contributed by atoms with Crippen molar-refractivity contribution in [2.45, 2.75) is 20.0 Å². The van der Waals surface area contributed by atoms with Crippen LogP contribution in [0.5, 0.6) is 0 Å². The number of carbonyl (C=O) groups excluding carboxylic acids is 2. The van der Waals surface area contributed by atoms with E-state index in [0.29, 0.717) is 22.5 Å². The second-order valence-corrected chi connectivity index (χ2v) is 4.89. The molecule has 0 amide bonds. The quantitative estimate of drug-likeness (QED) is 0.809. The van der Waals surface area contributed by atoms with Crippen LogP contribution >= 0.6 is 0 Å². The summed E-state index contributed by atoms with van der Waals surface area (Å²) in [5.74, 6) is -1.22. The topological polar surface area (TPSA) is 70.4 Å². The zero-order chi connectivity index (χ0) is 16.3. The number of ether oxygens (including phenoxy) is 2. The number of hydrogen-bond donors (Lipinski definition) is 0. The zero-order valence-electron chi connectivity index (χ0n) is 13.0. The first kappa shape index (κ1) is 15.8. The molecular weight excluding hydrogens is 284 g/mol. The number of benzene rings is 1. The van der Waals surface area contributed by atoms with Crippen molar-refractivity contribution in [1.29, 1.82) is 0 Å². The summed E-state index contributed by atoms with van der Waals surface area (Å²) < 4.78 is 11.7. The number of nitrogens with zero attached hydrogens (tertiary/aromatic N) is 2. The fraction of sp³-hybridized carbons (Fsp3) is 0.312. The molecule has 1 aromatic heterocycles. The van der Waals surface area contributed by atoms with Gasteiger partial charge in [-0.1, -0.05) is 30.3 Å². The lowest BCUT2D eigenvalue weighted by Gasteiger charge is -2.16. The van der Waals surface area contributed by atoms with Crippen LogP contribution in [0.2, 0.25) is 0 Å². The van der Waals surface area contributed by atoms with Crippen LogP contribution in [-0.4, -0.2) is 28.8 Å². The van der Waals surface area contributed by atoms with Gasteiger partial charge in [-0.3, -0.25) is 4.68 Å². The summed E-state index contributed by atoms with van der Waals surface area (Å²) in [5, 5.41) is 4.18. The fourth-order valence-corrected chi connectivity index (χ4v) is 2.22. The second-order valence-electron chi connectivity index (χ2n) is 4.89. The van der Waals surface area contributed by atoms with Crippen LogP contribution in [-0.2, 0) is 21.3 Å². The SMILES string of the molecule is COC(=O)[C@@H](OC(=O)c1c(C)nn(C)c1C)c1ccccc1. The number of methoxy groups -OCH3 is 1. The standard InChI is InChI=1S/C16H18N2O4/c1-10-13(11(2)18(3)17-10)15(19)22-14(16(20)21-4)12-8-6-5-7-9-12/h5-9,14H,1-4H3/t14-/m0/s1. The highest BCUT2D eigenvalue weighted by atomic mass is 16.6. The Hall–Kier alpha value is -2.63. The highest BCUT2D eigenvalue weighted by molar-refractivity contribution is 5.93. The molecule has 0 saturated heterocycles. The number of aromatic nitrogens is 2. The van der Waals surface area contributed by atoms with Crippen molar-refractivity contribution in [3.63, 3.8) is 0 Å². The van der Waals surface area contributed by atoms with E-state index in [4.69, 9.17) is 9.47 Å². The van der Waals surface area contributed by atoms with Crippen molar-refractivity contribution < 1.29 is 19.1 Å². The molecule has 1 heterocycles. The minimum Gasteiger partial charge on any atom is -0.466 e. The summed E-state index contributed by atoms with van der Waals surface area (Å²) in [4.78, 5) is 24.4. The minimum atomic E-state index is -1.10. The summed E-state index contributed by atoms with van der Waals surface area (Å²) in [7, 11) is 3.00. The summed E-state index contributed by atoms with van der Waals surface area (Å²) in [5.41, 5.74) is 2.16. The van der Waals surface area contributed by atoms with Gasteiger partial charge in [-0.25, -0.2) is 9.59 Å². The average molecular weight is 302 g/mol. The van der Waals surface area contributed by atoms with Gasteiger partial charge in [0.15, 0.2) is 0 Å². The van der Waals surface area contributed by atoms with E-state index in [9.17, 15) is 9.59 Å². The maximum Gasteiger partial charge on any atom is 0.351 e. The maximum absolute atomic E-state index is 12.4. The Morgan fingerprint density at radius 2 is 1.82 bits per heavy atom. The lowest BCUT2D eigenvalue weighted by molar-refractivity contribution is -0.151. The van der Waals surface area contributed by atoms with Gasteiger partial charge in [-0.15, -0.1) is 0 Å². The van der Waals surface area contributed by atoms with Crippen molar-refractivity contribution in [3.05, 3.63) is 52.8 Å². The first-order valence-electron chi connectivity index (χ1n) is 6.79. The van der Waals surface area contributed by atoms with Gasteiger partial charge in [0.2, 0.25) is 6.10 Å². The molecule has 1 atom stereocenters. The normalized spacial score (nSPS) is 11.8. The first-order valence-corrected chi connectivity index (χ1v) is 6.79. The molecule has 0 fully saturated rings. The molecule has 0 aliphatic rings. The number of rotatable bonds is 4. The Bertz CT molecular complexity index is 692. The van der Waals surface area contributed by atoms with Gasteiger partial charge in [0.05, 0.1) is 12.8 Å². The Morgan fingerprint density at radius 1 is 1.18 bits per heavy atom. The van der Waals surface area contributed by atoms with E-state index in [-0.39, 0.29) is 0 Å². The van der Waals surface area contributed by atoms with E-state index >= 15 is 0 Å². The Labute approximate surface area is 128 Å². The van der Waals surface area contributed by atoms with Crippen molar-refractivity contribution in [1.82, 2.24) is 9.78 Å². The number of esters is 2. The van der Waals surface area contributed by atoms with Crippen molar-refractivity contribution in [2.75, 3.05) is 7.11 Å². The van der Waals surface area contributed by atoms with Crippen LogP contribution in [0.15, 0.2) is 30.3 Å². The number of hydrogen-bond acceptors (Lipinski definition) is 5. The van der Waals surface area contributed by atoms with Gasteiger partial charge in [-0.2, -0.15) is 5.10 Å². The summed E-state index contributed by atoms with van der Waals surface area (Å²) >= 11 is 0. The molecule has 2 rings (SSSR count). The predicted molar refractivity (Wildman–Crippen MR) is 79.3 cm³/mol. The van der Waals surface area contributed by atoms with Gasteiger partial charge < -0.3 is 9.47 Å². The molecule has 116 valence electrons. The van der Waals surface area contributed by atoms with Crippen molar-refractivity contribution >= 4 is 11.9 Å². The Morgan fingerprint density at radius 3 is 2.32 bits per heavy atom. The third-order valence-corrected chi connectivity index (χ3v) is 3.46. The Kier molecular flexibility index (Phi) is 4.60. The number of aryl methyl sites for hydroxylation is 2. The fourth-order valence-electron chi connectivity index (χ4n) is 2.22. The lowest BCUT2D eigenvalue weighted by Crippen LogP contribution is -2.21. The Balaban J connectivity index is 2.31. The summed E-state index contributed by atoms with van der Waals surface area (Å²) in [6.45, 7) is 3.49. The molecule has 0 aliphatic carbocycles. The van der Waals surface area contributed by atoms with Gasteiger partial charge in [0.1, 0.15) is 5.56 Å². The van der Waals surface area contributed by atoms with E-state index in [1.54, 1.807) is 49.8 Å². The molecule has 0 saturated carbocycles. The van der Waals surface area contributed by atoms with Gasteiger partial charge in [0, 0.05) is 18.3 Å². The number of carbonyl (C=O) groups is 2. The molecule has 0 aliphatic heterocycles. The molecule has 0 unspecified atom stereocenters. The van der Waals surface area contributed by atoms with Crippen molar-refractivity contribution in [2.24, 2.45) is 7.05 Å². The van der Waals surface area contributed by atoms with Crippen LogP contribution in [0.25, 0.3) is 0 Å². The van der Waals surface area contributed by atoms with Crippen LogP contribution < -0.4 is 0 Å². The molecule has 2 aromatic rings. The lowest BCUT2D eigenvalue weighted by atomic mass is 10.1. The van der Waals surface area contributed by atoms with E-state index in [2.05, 4.69) is 5.10 Å². The molecule has 0 bridgehead atoms. The highest BCUT2D eigenvalue weighted by Crippen LogP contribution is 2.22. The van der Waals surface area contributed by atoms with Crippen LogP contribution in [0.4, 0.5) is 0 Å². The van der Waals surface area contributed by atoms with Gasteiger partial charge in [-0.05, 0) is 13.8 Å². The molecular formula is C16H18N2O4. The monoisotopic (exact) mass is 302 g/mol. The van der Waals surface area contributed by atoms with Gasteiger partial charge in [0.25, 0.3) is 0 Å². The predicted octanol–water partition coefficient (Wildman–Crippen LogP) is 2.11. The maximum atomic E-state index is 12.4. The molecule has 1 aromatic carbocycles. The van der Waals surface area contributed by atoms with Gasteiger partial charge >= 0.3 is 11.9 Å². The summed E-state index contributed by atoms with van der Waals surface area (Å²) in [6.07, 6.45) is -1.10. The molecule has 6 heteroatoms. The minimum absolute atomic E-state index is 0.368. The largest absolute Gasteiger partial charge is 0.466 e. The summed E-state index contributed by atoms with van der Waals surface area (Å²) in [6, 6.07) is 8.75. The third-order valence-electron chi connectivity index (χ3n) is 3.46. The molecule has 22 heavy (non-hydrogen) atoms.